The Labute approximate surface area is 209 Å². The number of hydrogen-bond donors (Lipinski definition) is 1. The van der Waals surface area contributed by atoms with Crippen molar-refractivity contribution in [1.29, 1.82) is 0 Å². The van der Waals surface area contributed by atoms with Crippen LogP contribution in [-0.2, 0) is 6.42 Å². The van der Waals surface area contributed by atoms with E-state index in [1.54, 1.807) is 24.3 Å². The van der Waals surface area contributed by atoms with Gasteiger partial charge in [-0.3, -0.25) is 14.9 Å². The number of aryl methyl sites for hydroxylation is 2. The molecule has 4 aromatic rings. The molecule has 0 atom stereocenters. The van der Waals surface area contributed by atoms with Gasteiger partial charge in [0.2, 0.25) is 0 Å². The van der Waals surface area contributed by atoms with Gasteiger partial charge in [-0.2, -0.15) is 0 Å². The Kier molecular flexibility index (Phi) is 6.41. The van der Waals surface area contributed by atoms with Gasteiger partial charge < -0.3 is 14.6 Å². The first-order valence-electron chi connectivity index (χ1n) is 12.2. The lowest BCUT2D eigenvalue weighted by Crippen LogP contribution is -2.30. The molecule has 0 spiro atoms. The Balaban J connectivity index is 1.28. The average Bonchev–Trinajstić information content (AvgIpc) is 3.26. The predicted molar refractivity (Wildman–Crippen MR) is 140 cm³/mol. The fraction of sp³-hybridized carbons (Fsp3) is 0.286. The van der Waals surface area contributed by atoms with E-state index in [0.29, 0.717) is 23.7 Å². The first-order chi connectivity index (χ1) is 17.4. The molecule has 3 aromatic carbocycles. The van der Waals surface area contributed by atoms with Gasteiger partial charge in [0, 0.05) is 36.8 Å². The van der Waals surface area contributed by atoms with Gasteiger partial charge >= 0.3 is 0 Å². The molecule has 184 valence electrons. The van der Waals surface area contributed by atoms with Crippen LogP contribution in [0.25, 0.3) is 11.1 Å². The molecule has 1 fully saturated rings. The molecule has 1 aliphatic rings. The standard InChI is InChI=1S/C28H28N4O4/c1-18-14-23-26(15-19(18)2)36-27(30-23)16-20-6-9-22(10-7-20)29-28(33)21-8-11-24(25(17-21)32(34)35)31-12-4-3-5-13-31/h6-11,14-15,17H,3-5,12-13,16H2,1-2H3,(H,29,33). The highest BCUT2D eigenvalue weighted by atomic mass is 16.6. The summed E-state index contributed by atoms with van der Waals surface area (Å²) >= 11 is 0. The van der Waals surface area contributed by atoms with Crippen LogP contribution in [0.4, 0.5) is 17.1 Å². The highest BCUT2D eigenvalue weighted by Crippen LogP contribution is 2.31. The van der Waals surface area contributed by atoms with Gasteiger partial charge in [-0.15, -0.1) is 0 Å². The average molecular weight is 485 g/mol. The molecule has 5 rings (SSSR count). The van der Waals surface area contributed by atoms with Crippen molar-refractivity contribution < 1.29 is 14.1 Å². The second-order valence-electron chi connectivity index (χ2n) is 9.35. The van der Waals surface area contributed by atoms with E-state index in [2.05, 4.69) is 17.2 Å². The monoisotopic (exact) mass is 484 g/mol. The molecule has 2 heterocycles. The molecule has 0 unspecified atom stereocenters. The van der Waals surface area contributed by atoms with Gasteiger partial charge in [-0.1, -0.05) is 12.1 Å². The van der Waals surface area contributed by atoms with Crippen LogP contribution in [0.15, 0.2) is 59.0 Å². The van der Waals surface area contributed by atoms with Crippen molar-refractivity contribution in [3.63, 3.8) is 0 Å². The highest BCUT2D eigenvalue weighted by molar-refractivity contribution is 6.05. The maximum atomic E-state index is 12.8. The molecule has 1 saturated heterocycles. The Hall–Kier alpha value is -4.20. The number of benzene rings is 3. The number of fused-ring (bicyclic) bond motifs is 1. The molecule has 8 nitrogen and oxygen atoms in total. The molecule has 0 aliphatic carbocycles. The number of oxazole rings is 1. The normalized spacial score (nSPS) is 13.7. The summed E-state index contributed by atoms with van der Waals surface area (Å²) in [7, 11) is 0. The molecule has 0 bridgehead atoms. The number of nitro benzene ring substituents is 1. The number of amides is 1. The third-order valence-electron chi connectivity index (χ3n) is 6.75. The number of nitrogens with zero attached hydrogens (tertiary/aromatic N) is 3. The van der Waals surface area contributed by atoms with Gasteiger partial charge in [0.1, 0.15) is 11.2 Å². The van der Waals surface area contributed by atoms with E-state index in [1.165, 1.54) is 11.6 Å². The SMILES string of the molecule is Cc1cc2nc(Cc3ccc(NC(=O)c4ccc(N5CCCCC5)c([N+](=O)[O-])c4)cc3)oc2cc1C. The van der Waals surface area contributed by atoms with Crippen molar-refractivity contribution in [3.8, 4) is 0 Å². The molecule has 8 heteroatoms. The second kappa shape index (κ2) is 9.81. The molecule has 0 radical (unpaired) electrons. The summed E-state index contributed by atoms with van der Waals surface area (Å²) in [4.78, 5) is 30.7. The number of aromatic nitrogens is 1. The fourth-order valence-electron chi connectivity index (χ4n) is 4.60. The first-order valence-corrected chi connectivity index (χ1v) is 12.2. The maximum Gasteiger partial charge on any atom is 0.293 e. The summed E-state index contributed by atoms with van der Waals surface area (Å²) in [6, 6.07) is 16.2. The summed E-state index contributed by atoms with van der Waals surface area (Å²) in [6.07, 6.45) is 3.70. The van der Waals surface area contributed by atoms with Crippen molar-refractivity contribution in [3.05, 3.63) is 92.9 Å². The Morgan fingerprint density at radius 1 is 1.03 bits per heavy atom. The second-order valence-corrected chi connectivity index (χ2v) is 9.35. The zero-order valence-corrected chi connectivity index (χ0v) is 20.4. The minimum atomic E-state index is -0.412. The lowest BCUT2D eigenvalue weighted by atomic mass is 10.1. The topological polar surface area (TPSA) is 102 Å². The van der Waals surface area contributed by atoms with Crippen LogP contribution >= 0.6 is 0 Å². The van der Waals surface area contributed by atoms with Crippen LogP contribution in [0.5, 0.6) is 0 Å². The smallest absolute Gasteiger partial charge is 0.293 e. The molecule has 1 N–H and O–H groups in total. The number of carbonyl (C=O) groups is 1. The summed E-state index contributed by atoms with van der Waals surface area (Å²) in [6.45, 7) is 5.69. The van der Waals surface area contributed by atoms with Crippen molar-refractivity contribution in [2.75, 3.05) is 23.3 Å². The van der Waals surface area contributed by atoms with Gasteiger partial charge in [0.25, 0.3) is 11.6 Å². The number of carbonyl (C=O) groups excluding carboxylic acids is 1. The van der Waals surface area contributed by atoms with Gasteiger partial charge in [0.05, 0.1) is 4.92 Å². The molecule has 1 aromatic heterocycles. The van der Waals surface area contributed by atoms with Crippen LogP contribution in [0.1, 0.15) is 52.2 Å². The highest BCUT2D eigenvalue weighted by Gasteiger charge is 2.23. The van der Waals surface area contributed by atoms with Crippen molar-refractivity contribution in [1.82, 2.24) is 4.98 Å². The van der Waals surface area contributed by atoms with E-state index < -0.39 is 4.92 Å². The molecule has 0 saturated carbocycles. The summed E-state index contributed by atoms with van der Waals surface area (Å²) < 4.78 is 5.90. The van der Waals surface area contributed by atoms with E-state index in [4.69, 9.17) is 4.42 Å². The van der Waals surface area contributed by atoms with Gasteiger partial charge in [-0.25, -0.2) is 4.98 Å². The van der Waals surface area contributed by atoms with E-state index in [1.807, 2.05) is 36.1 Å². The Bertz CT molecular complexity index is 1400. The zero-order chi connectivity index (χ0) is 25.2. The number of anilines is 2. The minimum Gasteiger partial charge on any atom is -0.440 e. The fourth-order valence-corrected chi connectivity index (χ4v) is 4.60. The van der Waals surface area contributed by atoms with E-state index in [-0.39, 0.29) is 17.2 Å². The predicted octanol–water partition coefficient (Wildman–Crippen LogP) is 6.19. The lowest BCUT2D eigenvalue weighted by Gasteiger charge is -2.28. The third kappa shape index (κ3) is 4.93. The molecule has 36 heavy (non-hydrogen) atoms. The number of nitrogens with one attached hydrogen (secondary N) is 1. The summed E-state index contributed by atoms with van der Waals surface area (Å²) in [5.41, 5.74) is 6.35. The van der Waals surface area contributed by atoms with Crippen LogP contribution in [-0.4, -0.2) is 28.9 Å². The number of hydrogen-bond acceptors (Lipinski definition) is 6. The van der Waals surface area contributed by atoms with Crippen LogP contribution < -0.4 is 10.2 Å². The molecule has 1 amide bonds. The van der Waals surface area contributed by atoms with Gasteiger partial charge in [-0.05, 0) is 86.2 Å². The van der Waals surface area contributed by atoms with E-state index >= 15 is 0 Å². The van der Waals surface area contributed by atoms with Crippen molar-refractivity contribution in [2.45, 2.75) is 39.5 Å². The number of nitro groups is 1. The van der Waals surface area contributed by atoms with E-state index in [9.17, 15) is 14.9 Å². The minimum absolute atomic E-state index is 0.0383. The number of piperidine rings is 1. The van der Waals surface area contributed by atoms with Crippen LogP contribution in [0.2, 0.25) is 0 Å². The molecule has 1 aliphatic heterocycles. The molecular weight excluding hydrogens is 456 g/mol. The zero-order valence-electron chi connectivity index (χ0n) is 20.4. The Morgan fingerprint density at radius 2 is 1.75 bits per heavy atom. The third-order valence-corrected chi connectivity index (χ3v) is 6.75. The quantitative estimate of drug-likeness (QED) is 0.259. The van der Waals surface area contributed by atoms with E-state index in [0.717, 1.165) is 54.6 Å². The van der Waals surface area contributed by atoms with Crippen LogP contribution in [0, 0.1) is 24.0 Å². The summed E-state index contributed by atoms with van der Waals surface area (Å²) in [5.74, 6) is 0.244. The largest absolute Gasteiger partial charge is 0.440 e. The first kappa shape index (κ1) is 23.5. The number of rotatable bonds is 6. The Morgan fingerprint density at radius 3 is 2.47 bits per heavy atom. The lowest BCUT2D eigenvalue weighted by molar-refractivity contribution is -0.384. The van der Waals surface area contributed by atoms with Crippen molar-refractivity contribution in [2.24, 2.45) is 0 Å². The molecular formula is C28H28N4O4. The van der Waals surface area contributed by atoms with Gasteiger partial charge in [0.15, 0.2) is 11.5 Å². The maximum absolute atomic E-state index is 12.8. The summed E-state index contributed by atoms with van der Waals surface area (Å²) in [5, 5.41) is 14.5. The van der Waals surface area contributed by atoms with Crippen LogP contribution in [0.3, 0.4) is 0 Å². The van der Waals surface area contributed by atoms with Crippen molar-refractivity contribution >= 4 is 34.1 Å².